The molecule has 0 aliphatic carbocycles. The van der Waals surface area contributed by atoms with Gasteiger partial charge in [0.25, 0.3) is 0 Å². The first-order chi connectivity index (χ1) is 36.0. The molecule has 0 aliphatic heterocycles. The van der Waals surface area contributed by atoms with Gasteiger partial charge in [0.15, 0.2) is 17.3 Å². The summed E-state index contributed by atoms with van der Waals surface area (Å²) >= 11 is 26.8. The van der Waals surface area contributed by atoms with Crippen molar-refractivity contribution in [3.05, 3.63) is 203 Å². The molecule has 8 nitrogen and oxygen atoms in total. The first-order valence-electron chi connectivity index (χ1n) is 24.6. The van der Waals surface area contributed by atoms with Gasteiger partial charge in [0.1, 0.15) is 46.2 Å². The monoisotopic (exact) mass is 1330 g/mol. The maximum absolute atomic E-state index is 13.3. The maximum Gasteiger partial charge on any atom is 0.197 e. The number of ketones is 3. The fourth-order valence-corrected chi connectivity index (χ4v) is 10.7. The van der Waals surface area contributed by atoms with Gasteiger partial charge >= 0.3 is 0 Å². The number of carbonyl (C=O) groups excluding carboxylic acids is 3. The Kier molecular flexibility index (Phi) is 13.7. The fourth-order valence-electron chi connectivity index (χ4n) is 7.04. The summed E-state index contributed by atoms with van der Waals surface area (Å²) in [5.41, 5.74) is 4.80. The summed E-state index contributed by atoms with van der Waals surface area (Å²) in [5, 5.41) is 20.1. The van der Waals surface area contributed by atoms with E-state index in [1.165, 1.54) is 38.1 Å². The number of carbonyl (C=O) groups is 3. The molecule has 3 heterocycles. The molecule has 15 heteroatoms. The smallest absolute Gasteiger partial charge is 0.197 e. The van der Waals surface area contributed by atoms with Crippen molar-refractivity contribution in [3.8, 4) is 0 Å². The van der Waals surface area contributed by atoms with Gasteiger partial charge in [0, 0.05) is 59.7 Å². The van der Waals surface area contributed by atoms with Crippen molar-refractivity contribution >= 4 is 157 Å². The molecule has 6 aromatic carbocycles. The number of para-hydroxylation sites is 3. The molecule has 354 valence electrons. The average Bonchev–Trinajstić information content (AvgIpc) is 4.08. The highest BCUT2D eigenvalue weighted by Crippen LogP contribution is 2.38. The molecule has 0 bridgehead atoms. The highest BCUT2D eigenvalue weighted by molar-refractivity contribution is 9.11. The van der Waals surface area contributed by atoms with E-state index < -0.39 is 35.5 Å². The number of benzene rings is 6. The predicted molar refractivity (Wildman–Crippen MR) is 294 cm³/mol. The third-order valence-corrected chi connectivity index (χ3v) is 15.9. The Morgan fingerprint density at radius 1 is 0.493 bits per heavy atom. The minimum Gasteiger partial charge on any atom is -0.459 e. The van der Waals surface area contributed by atoms with Crippen molar-refractivity contribution in [2.45, 2.75) is 59.1 Å². The van der Waals surface area contributed by atoms with E-state index in [1.807, 2.05) is 20.8 Å². The first kappa shape index (κ1) is 42.7. The summed E-state index contributed by atoms with van der Waals surface area (Å²) < 4.78 is 85.1. The van der Waals surface area contributed by atoms with E-state index in [-0.39, 0.29) is 104 Å². The first-order valence-corrected chi connectivity index (χ1v) is 25.8. The van der Waals surface area contributed by atoms with Crippen LogP contribution in [0, 0.1) is 20.8 Å². The summed E-state index contributed by atoms with van der Waals surface area (Å²) in [5.74, 6) is -0.777. The van der Waals surface area contributed by atoms with E-state index in [9.17, 15) is 24.6 Å². The number of aliphatic hydroxyl groups excluding tert-OH is 2. The van der Waals surface area contributed by atoms with E-state index in [2.05, 4.69) is 95.6 Å². The van der Waals surface area contributed by atoms with Crippen molar-refractivity contribution < 1.29 is 48.8 Å². The van der Waals surface area contributed by atoms with Crippen molar-refractivity contribution in [1.29, 1.82) is 0 Å². The lowest BCUT2D eigenvalue weighted by Gasteiger charge is -2.08. The summed E-state index contributed by atoms with van der Waals surface area (Å²) in [7, 11) is 0. The van der Waals surface area contributed by atoms with Crippen LogP contribution in [-0.2, 0) is 0 Å². The SMILES string of the molecule is [2H]c1c([2H])c([2H])c2c(C(=O)c3cc(Br)c(C)c(Br)c3)c(C(C)Cl)oc2c1[2H].[2H]c1cc([2H])c2c(C(=O)c3cc(Br)c(C)c(Br)c3)c(C(C)O)oc2c1.[2H]c1cc([2H])c2oc(C(C)O)c(C(=O)c3cc(Br)c(C)c(Br)c3)c2c1. The van der Waals surface area contributed by atoms with Crippen LogP contribution in [0.2, 0.25) is 0 Å². The molecule has 3 unspecified atom stereocenters. The molecular weight excluding hydrogens is 1290 g/mol. The Hall–Kier alpha value is -3.96. The lowest BCUT2D eigenvalue weighted by Crippen LogP contribution is -2.06. The highest BCUT2D eigenvalue weighted by Gasteiger charge is 2.28. The van der Waals surface area contributed by atoms with Gasteiger partial charge in [-0.3, -0.25) is 14.4 Å². The van der Waals surface area contributed by atoms with Gasteiger partial charge in [-0.25, -0.2) is 0 Å². The second-order valence-electron chi connectivity index (χ2n) is 15.6. The molecular formula is C54H41Br6ClO8. The molecule has 0 saturated carbocycles. The fraction of sp³-hybridized carbons (Fsp3) is 0.167. The van der Waals surface area contributed by atoms with Crippen LogP contribution in [0.1, 0.15) is 131 Å². The summed E-state index contributed by atoms with van der Waals surface area (Å²) in [6, 6.07) is 14.5. The highest BCUT2D eigenvalue weighted by atomic mass is 79.9. The Labute approximate surface area is 464 Å². The zero-order chi connectivity index (χ0) is 57.1. The molecule has 3 atom stereocenters. The van der Waals surface area contributed by atoms with E-state index in [0.29, 0.717) is 27.5 Å². The minimum absolute atomic E-state index is 0.00900. The lowest BCUT2D eigenvalue weighted by atomic mass is 9.98. The van der Waals surface area contributed by atoms with E-state index in [1.54, 1.807) is 43.3 Å². The van der Waals surface area contributed by atoms with Crippen LogP contribution in [0.5, 0.6) is 0 Å². The Balaban J connectivity index is 0.000000168. The second kappa shape index (κ2) is 22.2. The van der Waals surface area contributed by atoms with Crippen molar-refractivity contribution in [3.63, 3.8) is 0 Å². The molecule has 0 radical (unpaired) electrons. The topological polar surface area (TPSA) is 131 Å². The molecule has 69 heavy (non-hydrogen) atoms. The van der Waals surface area contributed by atoms with Gasteiger partial charge in [0.05, 0.1) is 33.0 Å². The molecule has 0 saturated heterocycles. The number of halogens is 7. The summed E-state index contributed by atoms with van der Waals surface area (Å²) in [6.07, 6.45) is -2.03. The second-order valence-corrected chi connectivity index (χ2v) is 21.3. The van der Waals surface area contributed by atoms with Gasteiger partial charge in [0.2, 0.25) is 0 Å². The van der Waals surface area contributed by atoms with E-state index in [0.717, 1.165) is 43.5 Å². The van der Waals surface area contributed by atoms with E-state index >= 15 is 0 Å². The van der Waals surface area contributed by atoms with Crippen LogP contribution in [0.15, 0.2) is 149 Å². The molecule has 0 amide bonds. The summed E-state index contributed by atoms with van der Waals surface area (Å²) in [4.78, 5) is 39.6. The zero-order valence-electron chi connectivity index (χ0n) is 45.0. The molecule has 0 aliphatic rings. The van der Waals surface area contributed by atoms with Gasteiger partial charge in [-0.05, 0) is 113 Å². The maximum atomic E-state index is 13.3. The van der Waals surface area contributed by atoms with Crippen LogP contribution in [0.4, 0.5) is 0 Å². The number of hydrogen-bond donors (Lipinski definition) is 2. The van der Waals surface area contributed by atoms with Crippen molar-refractivity contribution in [2.24, 2.45) is 0 Å². The van der Waals surface area contributed by atoms with Gasteiger partial charge in [-0.1, -0.05) is 150 Å². The van der Waals surface area contributed by atoms with Crippen molar-refractivity contribution in [1.82, 2.24) is 0 Å². The van der Waals surface area contributed by atoms with Gasteiger partial charge in [-0.2, -0.15) is 0 Å². The van der Waals surface area contributed by atoms with Crippen LogP contribution >= 0.6 is 107 Å². The van der Waals surface area contributed by atoms with Gasteiger partial charge < -0.3 is 23.5 Å². The predicted octanol–water partition coefficient (Wildman–Crippen LogP) is 17.9. The summed E-state index contributed by atoms with van der Waals surface area (Å²) in [6.45, 7) is 10.3. The Morgan fingerprint density at radius 3 is 1.29 bits per heavy atom. The molecule has 9 aromatic rings. The number of furan rings is 3. The van der Waals surface area contributed by atoms with Crippen LogP contribution in [-0.4, -0.2) is 27.6 Å². The lowest BCUT2D eigenvalue weighted by molar-refractivity contribution is 0.102. The Morgan fingerprint density at radius 2 is 0.841 bits per heavy atom. The average molecular weight is 1340 g/mol. The minimum atomic E-state index is -1.02. The van der Waals surface area contributed by atoms with Gasteiger partial charge in [-0.15, -0.1) is 11.6 Å². The molecule has 9 rings (SSSR count). The van der Waals surface area contributed by atoms with E-state index in [4.69, 9.17) is 35.8 Å². The van der Waals surface area contributed by atoms with Crippen LogP contribution in [0.25, 0.3) is 32.9 Å². The number of fused-ring (bicyclic) bond motifs is 3. The molecule has 0 spiro atoms. The van der Waals surface area contributed by atoms with Crippen LogP contribution in [0.3, 0.4) is 0 Å². The standard InChI is InChI=1S/C18H13Br2ClO2.2C18H14Br2O3/c3*1-9-13(19)7-11(8-14(9)20)17(22)16-12-5-3-4-6-15(12)23-18(16)10(2)21/h3-8,10H,1-2H3;2*3-8,10,21H,1-2H3/i3D,4D,5D,6D;4D,5D;3D,6D. The largest absolute Gasteiger partial charge is 0.459 e. The number of hydrogen-bond acceptors (Lipinski definition) is 8. The Bertz CT molecular complexity index is 3850. The van der Waals surface area contributed by atoms with Crippen LogP contribution < -0.4 is 0 Å². The normalized spacial score (nSPS) is 14.2. The molecule has 3 aromatic heterocycles. The molecule has 2 N–H and O–H groups in total. The third kappa shape index (κ3) is 11.1. The quantitative estimate of drug-likeness (QED) is 0.108. The molecule has 0 fully saturated rings. The third-order valence-electron chi connectivity index (χ3n) is 10.8. The zero-order valence-corrected chi connectivity index (χ0v) is 47.3. The number of aliphatic hydroxyl groups is 2. The number of alkyl halides is 1. The van der Waals surface area contributed by atoms with Crippen molar-refractivity contribution in [2.75, 3.05) is 0 Å². The number of rotatable bonds is 9.